The maximum absolute atomic E-state index is 12.4. The summed E-state index contributed by atoms with van der Waals surface area (Å²) in [5.74, 6) is -0.184. The monoisotopic (exact) mass is 415 g/mol. The lowest BCUT2D eigenvalue weighted by molar-refractivity contribution is -0.113. The molecule has 1 heterocycles. The van der Waals surface area contributed by atoms with Gasteiger partial charge in [0.2, 0.25) is 5.91 Å². The van der Waals surface area contributed by atoms with Gasteiger partial charge in [0.1, 0.15) is 0 Å². The van der Waals surface area contributed by atoms with Crippen LogP contribution in [0.4, 0.5) is 5.69 Å². The quantitative estimate of drug-likeness (QED) is 0.622. The molecule has 0 aliphatic rings. The number of anilines is 1. The van der Waals surface area contributed by atoms with E-state index in [9.17, 15) is 13.2 Å². The molecule has 0 spiro atoms. The van der Waals surface area contributed by atoms with Crippen LogP contribution in [0.3, 0.4) is 0 Å². The van der Waals surface area contributed by atoms with Gasteiger partial charge in [-0.15, -0.1) is 0 Å². The van der Waals surface area contributed by atoms with Crippen LogP contribution in [0, 0.1) is 13.8 Å². The normalized spacial score (nSPS) is 11.4. The third-order valence-electron chi connectivity index (χ3n) is 4.34. The van der Waals surface area contributed by atoms with Gasteiger partial charge in [-0.1, -0.05) is 36.0 Å². The van der Waals surface area contributed by atoms with E-state index >= 15 is 0 Å². The topological polar surface area (TPSA) is 81.1 Å². The van der Waals surface area contributed by atoms with Crippen LogP contribution in [0.5, 0.6) is 0 Å². The predicted octanol–water partition coefficient (Wildman–Crippen LogP) is 3.62. The second kappa shape index (κ2) is 8.20. The number of sulfone groups is 1. The molecule has 0 aliphatic carbocycles. The first-order valence-corrected chi connectivity index (χ1v) is 11.5. The van der Waals surface area contributed by atoms with Crippen LogP contribution in [0.1, 0.15) is 11.1 Å². The molecule has 146 valence electrons. The van der Waals surface area contributed by atoms with Crippen molar-refractivity contribution in [3.05, 3.63) is 66.0 Å². The Hall–Kier alpha value is -2.58. The molecule has 0 unspecified atom stereocenters. The Morgan fingerprint density at radius 3 is 2.64 bits per heavy atom. The number of benzene rings is 2. The summed E-state index contributed by atoms with van der Waals surface area (Å²) in [5.41, 5.74) is 3.63. The van der Waals surface area contributed by atoms with E-state index < -0.39 is 9.84 Å². The van der Waals surface area contributed by atoms with Gasteiger partial charge in [0.15, 0.2) is 15.0 Å². The van der Waals surface area contributed by atoms with Crippen LogP contribution in [-0.2, 0) is 14.6 Å². The van der Waals surface area contributed by atoms with Crippen molar-refractivity contribution < 1.29 is 13.2 Å². The summed E-state index contributed by atoms with van der Waals surface area (Å²) in [6.07, 6.45) is 4.68. The minimum atomic E-state index is -3.43. The second-order valence-electron chi connectivity index (χ2n) is 6.40. The van der Waals surface area contributed by atoms with Gasteiger partial charge in [-0.2, -0.15) is 0 Å². The number of hydrogen-bond donors (Lipinski definition) is 1. The lowest BCUT2D eigenvalue weighted by Gasteiger charge is -2.12. The number of thioether (sulfide) groups is 1. The standard InChI is InChI=1S/C20H21N3O3S2/c1-14-7-6-9-17(15(14)2)23-12-11-21-20(23)27-13-19(24)22-16-8-4-5-10-18(16)28(3,25)26/h4-12H,13H2,1-3H3,(H,22,24). The largest absolute Gasteiger partial charge is 0.324 e. The number of nitrogens with one attached hydrogen (secondary N) is 1. The minimum Gasteiger partial charge on any atom is -0.324 e. The summed E-state index contributed by atoms with van der Waals surface area (Å²) < 4.78 is 25.7. The Kier molecular flexibility index (Phi) is 5.90. The zero-order valence-electron chi connectivity index (χ0n) is 15.8. The summed E-state index contributed by atoms with van der Waals surface area (Å²) in [6, 6.07) is 12.4. The first kappa shape index (κ1) is 20.2. The van der Waals surface area contributed by atoms with Crippen molar-refractivity contribution in [2.24, 2.45) is 0 Å². The molecule has 0 fully saturated rings. The molecular weight excluding hydrogens is 394 g/mol. The van der Waals surface area contributed by atoms with Crippen LogP contribution in [-0.4, -0.2) is 35.9 Å². The van der Waals surface area contributed by atoms with Crippen LogP contribution in [0.15, 0.2) is 64.9 Å². The number of rotatable bonds is 6. The average molecular weight is 416 g/mol. The fourth-order valence-corrected chi connectivity index (χ4v) is 4.40. The highest BCUT2D eigenvalue weighted by molar-refractivity contribution is 7.99. The Morgan fingerprint density at radius 2 is 1.89 bits per heavy atom. The molecule has 2 aromatic carbocycles. The Bertz CT molecular complexity index is 1120. The first-order valence-electron chi connectivity index (χ1n) is 8.59. The predicted molar refractivity (Wildman–Crippen MR) is 112 cm³/mol. The molecule has 28 heavy (non-hydrogen) atoms. The molecule has 3 aromatic rings. The van der Waals surface area contributed by atoms with Gasteiger partial charge in [-0.25, -0.2) is 13.4 Å². The van der Waals surface area contributed by atoms with E-state index in [0.29, 0.717) is 5.16 Å². The van der Waals surface area contributed by atoms with Crippen LogP contribution in [0.2, 0.25) is 0 Å². The van der Waals surface area contributed by atoms with Gasteiger partial charge >= 0.3 is 0 Å². The molecule has 0 atom stereocenters. The highest BCUT2D eigenvalue weighted by atomic mass is 32.2. The third-order valence-corrected chi connectivity index (χ3v) is 6.46. The maximum atomic E-state index is 12.4. The summed E-state index contributed by atoms with van der Waals surface area (Å²) in [6.45, 7) is 4.10. The fraction of sp³-hybridized carbons (Fsp3) is 0.200. The number of hydrogen-bond acceptors (Lipinski definition) is 5. The molecule has 1 N–H and O–H groups in total. The Morgan fingerprint density at radius 1 is 1.14 bits per heavy atom. The summed E-state index contributed by atoms with van der Waals surface area (Å²) in [7, 11) is -3.43. The van der Waals surface area contributed by atoms with E-state index in [0.717, 1.165) is 17.5 Å². The number of aromatic nitrogens is 2. The number of carbonyl (C=O) groups is 1. The molecule has 0 bridgehead atoms. The zero-order valence-corrected chi connectivity index (χ0v) is 17.5. The number of para-hydroxylation sites is 1. The van der Waals surface area contributed by atoms with Crippen molar-refractivity contribution in [3.63, 3.8) is 0 Å². The SMILES string of the molecule is Cc1cccc(-n2ccnc2SCC(=O)Nc2ccccc2S(C)(=O)=O)c1C. The molecule has 3 rings (SSSR count). The number of aryl methyl sites for hydroxylation is 1. The lowest BCUT2D eigenvalue weighted by atomic mass is 10.1. The number of amides is 1. The van der Waals surface area contributed by atoms with Gasteiger partial charge < -0.3 is 5.32 Å². The molecule has 6 nitrogen and oxygen atoms in total. The van der Waals surface area contributed by atoms with Crippen molar-refractivity contribution in [2.45, 2.75) is 23.9 Å². The first-order chi connectivity index (χ1) is 13.3. The highest BCUT2D eigenvalue weighted by Gasteiger charge is 2.16. The molecule has 8 heteroatoms. The Labute approximate surface area is 168 Å². The molecule has 0 saturated carbocycles. The molecule has 0 saturated heterocycles. The molecule has 0 aliphatic heterocycles. The highest BCUT2D eigenvalue weighted by Crippen LogP contribution is 2.25. The second-order valence-corrected chi connectivity index (χ2v) is 9.33. The number of carbonyl (C=O) groups excluding carboxylic acids is 1. The van der Waals surface area contributed by atoms with E-state index in [1.54, 1.807) is 24.4 Å². The van der Waals surface area contributed by atoms with Crippen molar-refractivity contribution in [1.82, 2.24) is 9.55 Å². The van der Waals surface area contributed by atoms with Crippen LogP contribution < -0.4 is 5.32 Å². The van der Waals surface area contributed by atoms with Gasteiger partial charge in [-0.05, 0) is 43.2 Å². The Balaban J connectivity index is 1.74. The van der Waals surface area contributed by atoms with Gasteiger partial charge in [0.25, 0.3) is 0 Å². The minimum absolute atomic E-state index is 0.102. The van der Waals surface area contributed by atoms with Crippen LogP contribution in [0.25, 0.3) is 5.69 Å². The van der Waals surface area contributed by atoms with Crippen molar-refractivity contribution in [1.29, 1.82) is 0 Å². The van der Waals surface area contributed by atoms with Gasteiger partial charge in [0.05, 0.1) is 22.0 Å². The molecule has 0 radical (unpaired) electrons. The van der Waals surface area contributed by atoms with E-state index in [1.807, 2.05) is 29.8 Å². The summed E-state index contributed by atoms with van der Waals surface area (Å²) in [5, 5.41) is 3.38. The van der Waals surface area contributed by atoms with E-state index in [1.165, 1.54) is 23.4 Å². The zero-order chi connectivity index (χ0) is 20.3. The summed E-state index contributed by atoms with van der Waals surface area (Å²) in [4.78, 5) is 16.8. The lowest BCUT2D eigenvalue weighted by Crippen LogP contribution is -2.16. The fourth-order valence-electron chi connectivity index (χ4n) is 2.79. The van der Waals surface area contributed by atoms with Crippen LogP contribution >= 0.6 is 11.8 Å². The number of nitrogens with zero attached hydrogens (tertiary/aromatic N) is 2. The van der Waals surface area contributed by atoms with Crippen molar-refractivity contribution in [2.75, 3.05) is 17.3 Å². The molecule has 1 amide bonds. The van der Waals surface area contributed by atoms with E-state index in [2.05, 4.69) is 23.3 Å². The smallest absolute Gasteiger partial charge is 0.234 e. The molecule has 1 aromatic heterocycles. The molecular formula is C20H21N3O3S2. The van der Waals surface area contributed by atoms with Crippen molar-refractivity contribution >= 4 is 33.2 Å². The van der Waals surface area contributed by atoms with Gasteiger partial charge in [0, 0.05) is 18.6 Å². The average Bonchev–Trinajstić information content (AvgIpc) is 3.10. The summed E-state index contributed by atoms with van der Waals surface area (Å²) >= 11 is 1.29. The number of imidazole rings is 1. The van der Waals surface area contributed by atoms with E-state index in [-0.39, 0.29) is 22.2 Å². The van der Waals surface area contributed by atoms with E-state index in [4.69, 9.17) is 0 Å². The van der Waals surface area contributed by atoms with Crippen molar-refractivity contribution in [3.8, 4) is 5.69 Å². The van der Waals surface area contributed by atoms with Gasteiger partial charge in [-0.3, -0.25) is 9.36 Å². The third kappa shape index (κ3) is 4.45. The maximum Gasteiger partial charge on any atom is 0.234 e.